The molecule has 0 bridgehead atoms. The Kier molecular flexibility index (Phi) is 6.11. The van der Waals surface area contributed by atoms with E-state index < -0.39 is 10.0 Å². The molecule has 0 atom stereocenters. The third kappa shape index (κ3) is 4.91. The number of amides is 1. The van der Waals surface area contributed by atoms with Crippen LogP contribution in [-0.2, 0) is 10.0 Å². The van der Waals surface area contributed by atoms with Gasteiger partial charge in [0, 0.05) is 17.8 Å². The molecule has 6 heteroatoms. The minimum atomic E-state index is -3.60. The lowest BCUT2D eigenvalue weighted by Crippen LogP contribution is -2.25. The van der Waals surface area contributed by atoms with Crippen molar-refractivity contribution in [2.75, 3.05) is 11.9 Å². The summed E-state index contributed by atoms with van der Waals surface area (Å²) in [5.74, 6) is -0.343. The van der Waals surface area contributed by atoms with Crippen molar-refractivity contribution in [3.63, 3.8) is 0 Å². The highest BCUT2D eigenvalue weighted by atomic mass is 32.2. The lowest BCUT2D eigenvalue weighted by atomic mass is 10.2. The van der Waals surface area contributed by atoms with Gasteiger partial charge in [-0.15, -0.1) is 0 Å². The highest BCUT2D eigenvalue weighted by Crippen LogP contribution is 2.14. The molecule has 0 radical (unpaired) electrons. The van der Waals surface area contributed by atoms with Gasteiger partial charge in [0.1, 0.15) is 0 Å². The fourth-order valence-corrected chi connectivity index (χ4v) is 3.23. The molecule has 0 aliphatic heterocycles. The Hall–Kier alpha value is -2.18. The molecule has 24 heavy (non-hydrogen) atoms. The van der Waals surface area contributed by atoms with Crippen LogP contribution in [0.2, 0.25) is 0 Å². The molecule has 128 valence electrons. The Morgan fingerprint density at radius 2 is 1.79 bits per heavy atom. The van der Waals surface area contributed by atoms with Crippen LogP contribution in [0.3, 0.4) is 0 Å². The van der Waals surface area contributed by atoms with E-state index in [4.69, 9.17) is 0 Å². The van der Waals surface area contributed by atoms with Crippen LogP contribution in [0.25, 0.3) is 0 Å². The molecule has 2 aromatic carbocycles. The number of carbonyl (C=O) groups excluding carboxylic acids is 1. The van der Waals surface area contributed by atoms with E-state index in [9.17, 15) is 13.2 Å². The molecule has 0 saturated carbocycles. The van der Waals surface area contributed by atoms with E-state index in [1.807, 2.05) is 26.0 Å². The van der Waals surface area contributed by atoms with Crippen molar-refractivity contribution in [1.82, 2.24) is 4.72 Å². The summed E-state index contributed by atoms with van der Waals surface area (Å²) in [4.78, 5) is 12.4. The van der Waals surface area contributed by atoms with Crippen molar-refractivity contribution >= 4 is 21.6 Å². The summed E-state index contributed by atoms with van der Waals surface area (Å²) in [6, 6.07) is 13.4. The third-order valence-corrected chi connectivity index (χ3v) is 5.00. The van der Waals surface area contributed by atoms with Gasteiger partial charge in [0.2, 0.25) is 10.0 Å². The summed E-state index contributed by atoms with van der Waals surface area (Å²) in [5, 5.41) is 2.76. The number of benzene rings is 2. The standard InChI is InChI=1S/C18H22N2O3S/c1-3-4-12-19-24(22,23)17-7-5-6-15(13-17)18(21)20-16-10-8-14(2)9-11-16/h5-11,13,19H,3-4,12H2,1-2H3,(H,20,21). The number of hydrogen-bond acceptors (Lipinski definition) is 3. The topological polar surface area (TPSA) is 75.3 Å². The van der Waals surface area contributed by atoms with Gasteiger partial charge in [-0.25, -0.2) is 13.1 Å². The Bertz CT molecular complexity index is 799. The van der Waals surface area contributed by atoms with E-state index in [0.29, 0.717) is 17.8 Å². The van der Waals surface area contributed by atoms with E-state index in [0.717, 1.165) is 18.4 Å². The molecule has 0 aliphatic carbocycles. The van der Waals surface area contributed by atoms with Crippen LogP contribution in [0, 0.1) is 6.92 Å². The molecule has 0 spiro atoms. The largest absolute Gasteiger partial charge is 0.322 e. The summed E-state index contributed by atoms with van der Waals surface area (Å²) in [6.07, 6.45) is 1.67. The van der Waals surface area contributed by atoms with Crippen molar-refractivity contribution in [1.29, 1.82) is 0 Å². The van der Waals surface area contributed by atoms with Crippen molar-refractivity contribution in [2.45, 2.75) is 31.6 Å². The molecule has 0 fully saturated rings. The highest BCUT2D eigenvalue weighted by Gasteiger charge is 2.15. The number of hydrogen-bond donors (Lipinski definition) is 2. The lowest BCUT2D eigenvalue weighted by Gasteiger charge is -2.09. The first kappa shape index (κ1) is 18.2. The molecule has 1 amide bonds. The molecule has 2 aromatic rings. The summed E-state index contributed by atoms with van der Waals surface area (Å²) >= 11 is 0. The van der Waals surface area contributed by atoms with Gasteiger partial charge in [0.25, 0.3) is 5.91 Å². The molecular formula is C18H22N2O3S. The van der Waals surface area contributed by atoms with Crippen molar-refractivity contribution in [3.8, 4) is 0 Å². The molecular weight excluding hydrogens is 324 g/mol. The predicted molar refractivity (Wildman–Crippen MR) is 95.7 cm³/mol. The summed E-state index contributed by atoms with van der Waals surface area (Å²) in [7, 11) is -3.60. The number of unbranched alkanes of at least 4 members (excludes halogenated alkanes) is 1. The first-order chi connectivity index (χ1) is 11.4. The number of nitrogens with one attached hydrogen (secondary N) is 2. The summed E-state index contributed by atoms with van der Waals surface area (Å²) in [6.45, 7) is 4.34. The number of carbonyl (C=O) groups is 1. The monoisotopic (exact) mass is 346 g/mol. The maximum Gasteiger partial charge on any atom is 0.255 e. The maximum absolute atomic E-state index is 12.3. The van der Waals surface area contributed by atoms with Crippen molar-refractivity contribution in [3.05, 3.63) is 59.7 Å². The van der Waals surface area contributed by atoms with Gasteiger partial charge < -0.3 is 5.32 Å². The minimum absolute atomic E-state index is 0.0927. The molecule has 0 aliphatic rings. The van der Waals surface area contributed by atoms with Crippen LogP contribution in [0.15, 0.2) is 53.4 Å². The zero-order valence-electron chi connectivity index (χ0n) is 13.9. The number of aryl methyl sites for hydroxylation is 1. The second kappa shape index (κ2) is 8.08. The van der Waals surface area contributed by atoms with Crippen LogP contribution in [0.4, 0.5) is 5.69 Å². The van der Waals surface area contributed by atoms with Crippen LogP contribution in [-0.4, -0.2) is 20.9 Å². The molecule has 0 heterocycles. The molecule has 0 unspecified atom stereocenters. The van der Waals surface area contributed by atoms with Crippen LogP contribution >= 0.6 is 0 Å². The van der Waals surface area contributed by atoms with Gasteiger partial charge in [-0.3, -0.25) is 4.79 Å². The molecule has 0 saturated heterocycles. The smallest absolute Gasteiger partial charge is 0.255 e. The van der Waals surface area contributed by atoms with Crippen LogP contribution in [0.5, 0.6) is 0 Å². The fourth-order valence-electron chi connectivity index (χ4n) is 2.11. The van der Waals surface area contributed by atoms with Gasteiger partial charge in [-0.05, 0) is 43.7 Å². The summed E-state index contributed by atoms with van der Waals surface area (Å²) < 4.78 is 27.0. The normalized spacial score (nSPS) is 11.2. The number of anilines is 1. The second-order valence-corrected chi connectivity index (χ2v) is 7.37. The quantitative estimate of drug-likeness (QED) is 0.755. The first-order valence-corrected chi connectivity index (χ1v) is 9.38. The fraction of sp³-hybridized carbons (Fsp3) is 0.278. The van der Waals surface area contributed by atoms with Gasteiger partial charge >= 0.3 is 0 Å². The van der Waals surface area contributed by atoms with E-state index in [1.165, 1.54) is 12.1 Å². The zero-order chi connectivity index (χ0) is 17.6. The lowest BCUT2D eigenvalue weighted by molar-refractivity contribution is 0.102. The van der Waals surface area contributed by atoms with Crippen LogP contribution < -0.4 is 10.0 Å². The van der Waals surface area contributed by atoms with Gasteiger partial charge in [-0.1, -0.05) is 37.1 Å². The molecule has 2 rings (SSSR count). The third-order valence-electron chi connectivity index (χ3n) is 3.54. The SMILES string of the molecule is CCCCNS(=O)(=O)c1cccc(C(=O)Nc2ccc(C)cc2)c1. The van der Waals surface area contributed by atoms with Gasteiger partial charge in [0.05, 0.1) is 4.90 Å². The minimum Gasteiger partial charge on any atom is -0.322 e. The maximum atomic E-state index is 12.3. The Morgan fingerprint density at radius 1 is 1.08 bits per heavy atom. The molecule has 0 aromatic heterocycles. The van der Waals surface area contributed by atoms with Crippen molar-refractivity contribution < 1.29 is 13.2 Å². The van der Waals surface area contributed by atoms with Gasteiger partial charge in [0.15, 0.2) is 0 Å². The molecule has 2 N–H and O–H groups in total. The zero-order valence-corrected chi connectivity index (χ0v) is 14.7. The number of sulfonamides is 1. The van der Waals surface area contributed by atoms with Gasteiger partial charge in [-0.2, -0.15) is 0 Å². The summed E-state index contributed by atoms with van der Waals surface area (Å²) in [5.41, 5.74) is 2.06. The van der Waals surface area contributed by atoms with E-state index in [2.05, 4.69) is 10.0 Å². The van der Waals surface area contributed by atoms with E-state index in [-0.39, 0.29) is 10.8 Å². The Morgan fingerprint density at radius 3 is 2.46 bits per heavy atom. The van der Waals surface area contributed by atoms with Crippen LogP contribution in [0.1, 0.15) is 35.7 Å². The Labute approximate surface area is 143 Å². The van der Waals surface area contributed by atoms with E-state index in [1.54, 1.807) is 24.3 Å². The average molecular weight is 346 g/mol. The second-order valence-electron chi connectivity index (χ2n) is 5.60. The highest BCUT2D eigenvalue weighted by molar-refractivity contribution is 7.89. The van der Waals surface area contributed by atoms with Crippen molar-refractivity contribution in [2.24, 2.45) is 0 Å². The Balaban J connectivity index is 2.14. The molecule has 5 nitrogen and oxygen atoms in total. The van der Waals surface area contributed by atoms with E-state index >= 15 is 0 Å². The first-order valence-electron chi connectivity index (χ1n) is 7.90. The predicted octanol–water partition coefficient (Wildman–Crippen LogP) is 3.33. The average Bonchev–Trinajstić information content (AvgIpc) is 2.57. The number of rotatable bonds is 7.